The third kappa shape index (κ3) is 3.29. The fourth-order valence-corrected chi connectivity index (χ4v) is 4.98. The maximum absolute atomic E-state index is 6.20. The lowest BCUT2D eigenvalue weighted by Crippen LogP contribution is -2.40. The van der Waals surface area contributed by atoms with Crippen molar-refractivity contribution in [2.24, 2.45) is 5.92 Å². The molecule has 3 aromatic carbocycles. The van der Waals surface area contributed by atoms with Gasteiger partial charge in [-0.2, -0.15) is 0 Å². The van der Waals surface area contributed by atoms with Gasteiger partial charge in [-0.05, 0) is 74.7 Å². The highest BCUT2D eigenvalue weighted by Gasteiger charge is 2.41. The van der Waals surface area contributed by atoms with Gasteiger partial charge in [0.15, 0.2) is 0 Å². The fourth-order valence-electron chi connectivity index (χ4n) is 4.79. The molecular weight excluding hydrogens is 360 g/mol. The van der Waals surface area contributed by atoms with Crippen LogP contribution in [0.3, 0.4) is 0 Å². The molecule has 0 radical (unpaired) electrons. The van der Waals surface area contributed by atoms with Gasteiger partial charge in [-0.25, -0.2) is 0 Å². The third-order valence-electron chi connectivity index (χ3n) is 6.85. The van der Waals surface area contributed by atoms with Crippen molar-refractivity contribution in [3.05, 3.63) is 82.9 Å². The van der Waals surface area contributed by atoms with Crippen molar-refractivity contribution in [3.63, 3.8) is 0 Å². The van der Waals surface area contributed by atoms with Gasteiger partial charge < -0.3 is 0 Å². The smallest absolute Gasteiger partial charge is 0.0412 e. The van der Waals surface area contributed by atoms with E-state index in [4.69, 9.17) is 11.6 Å². The minimum absolute atomic E-state index is 0.186. The zero-order valence-corrected chi connectivity index (χ0v) is 18.3. The first-order valence-corrected chi connectivity index (χ1v) is 10.6. The van der Waals surface area contributed by atoms with Gasteiger partial charge in [0.25, 0.3) is 0 Å². The summed E-state index contributed by atoms with van der Waals surface area (Å²) in [5.74, 6) is 0.656. The fraction of sp³-hybridized carbons (Fsp3) is 0.333. The Labute approximate surface area is 174 Å². The van der Waals surface area contributed by atoms with E-state index in [1.165, 1.54) is 34.2 Å². The monoisotopic (exact) mass is 388 g/mol. The Morgan fingerprint density at radius 3 is 1.93 bits per heavy atom. The first-order chi connectivity index (χ1) is 13.2. The standard InChI is InChI=1S/C27H29Cl/c1-18-17-26(2,3)24-13-12-22(16-25(24)27(18,4)5)20-9-6-8-19(14-20)21-10-7-11-23(28)15-21/h6-16,18H,17H2,1-5H3. The van der Waals surface area contributed by atoms with Crippen molar-refractivity contribution in [2.45, 2.75) is 51.9 Å². The molecule has 1 unspecified atom stereocenters. The maximum Gasteiger partial charge on any atom is 0.0412 e. The molecule has 0 nitrogen and oxygen atoms in total. The Bertz CT molecular complexity index is 1030. The molecule has 0 amide bonds. The van der Waals surface area contributed by atoms with Crippen LogP contribution in [0.25, 0.3) is 22.3 Å². The zero-order valence-electron chi connectivity index (χ0n) is 17.5. The van der Waals surface area contributed by atoms with Crippen LogP contribution in [0.4, 0.5) is 0 Å². The number of fused-ring (bicyclic) bond motifs is 1. The molecule has 0 heterocycles. The molecule has 1 aliphatic carbocycles. The van der Waals surface area contributed by atoms with Crippen LogP contribution >= 0.6 is 11.6 Å². The summed E-state index contributed by atoms with van der Waals surface area (Å²) in [5, 5.41) is 0.773. The van der Waals surface area contributed by atoms with E-state index in [1.54, 1.807) is 0 Å². The molecule has 0 fully saturated rings. The Morgan fingerprint density at radius 2 is 1.29 bits per heavy atom. The molecule has 4 rings (SSSR count). The van der Waals surface area contributed by atoms with Crippen molar-refractivity contribution < 1.29 is 0 Å². The van der Waals surface area contributed by atoms with Crippen LogP contribution in [-0.2, 0) is 10.8 Å². The lowest BCUT2D eigenvalue weighted by molar-refractivity contribution is 0.233. The van der Waals surface area contributed by atoms with E-state index < -0.39 is 0 Å². The minimum atomic E-state index is 0.186. The Morgan fingerprint density at radius 1 is 0.714 bits per heavy atom. The van der Waals surface area contributed by atoms with Crippen LogP contribution < -0.4 is 0 Å². The molecule has 1 heteroatoms. The van der Waals surface area contributed by atoms with E-state index in [0.717, 1.165) is 10.6 Å². The highest BCUT2D eigenvalue weighted by Crippen LogP contribution is 2.49. The quantitative estimate of drug-likeness (QED) is 0.414. The van der Waals surface area contributed by atoms with Gasteiger partial charge in [-0.3, -0.25) is 0 Å². The van der Waals surface area contributed by atoms with Gasteiger partial charge >= 0.3 is 0 Å². The number of benzene rings is 3. The Hall–Kier alpha value is -2.05. The van der Waals surface area contributed by atoms with Crippen LogP contribution in [0.15, 0.2) is 66.7 Å². The van der Waals surface area contributed by atoms with Gasteiger partial charge in [0.05, 0.1) is 0 Å². The molecule has 0 bridgehead atoms. The van der Waals surface area contributed by atoms with E-state index in [-0.39, 0.29) is 10.8 Å². The van der Waals surface area contributed by atoms with Gasteiger partial charge in [0.1, 0.15) is 0 Å². The molecule has 0 spiro atoms. The van der Waals surface area contributed by atoms with E-state index in [0.29, 0.717) is 5.92 Å². The van der Waals surface area contributed by atoms with Crippen molar-refractivity contribution in [1.82, 2.24) is 0 Å². The molecule has 0 saturated heterocycles. The molecule has 1 aliphatic rings. The van der Waals surface area contributed by atoms with E-state index >= 15 is 0 Å². The predicted octanol–water partition coefficient (Wildman–Crippen LogP) is 8.27. The van der Waals surface area contributed by atoms with Crippen molar-refractivity contribution in [2.75, 3.05) is 0 Å². The topological polar surface area (TPSA) is 0 Å². The molecular formula is C27H29Cl. The Balaban J connectivity index is 1.82. The van der Waals surface area contributed by atoms with Crippen LogP contribution in [0.5, 0.6) is 0 Å². The van der Waals surface area contributed by atoms with Crippen LogP contribution in [0.2, 0.25) is 5.02 Å². The zero-order chi connectivity index (χ0) is 20.1. The van der Waals surface area contributed by atoms with Gasteiger partial charge in [0.2, 0.25) is 0 Å². The molecule has 0 N–H and O–H groups in total. The molecule has 28 heavy (non-hydrogen) atoms. The lowest BCUT2D eigenvalue weighted by atomic mass is 9.58. The second-order valence-corrected chi connectivity index (χ2v) is 10.00. The van der Waals surface area contributed by atoms with Crippen molar-refractivity contribution >= 4 is 11.6 Å². The second-order valence-electron chi connectivity index (χ2n) is 9.56. The van der Waals surface area contributed by atoms with Crippen LogP contribution in [0, 0.1) is 5.92 Å². The first-order valence-electron chi connectivity index (χ1n) is 10.2. The molecule has 0 saturated carbocycles. The predicted molar refractivity (Wildman–Crippen MR) is 122 cm³/mol. The van der Waals surface area contributed by atoms with E-state index in [2.05, 4.69) is 83.1 Å². The van der Waals surface area contributed by atoms with E-state index in [9.17, 15) is 0 Å². The highest BCUT2D eigenvalue weighted by molar-refractivity contribution is 6.30. The number of rotatable bonds is 2. The summed E-state index contributed by atoms with van der Waals surface area (Å²) in [5.41, 5.74) is 8.32. The summed E-state index contributed by atoms with van der Waals surface area (Å²) in [7, 11) is 0. The molecule has 144 valence electrons. The molecule has 1 atom stereocenters. The first kappa shape index (κ1) is 19.3. The summed E-state index contributed by atoms with van der Waals surface area (Å²) in [6, 6.07) is 24.0. The number of hydrogen-bond acceptors (Lipinski definition) is 0. The summed E-state index contributed by atoms with van der Waals surface area (Å²) in [6.07, 6.45) is 1.23. The summed E-state index contributed by atoms with van der Waals surface area (Å²) < 4.78 is 0. The molecule has 3 aromatic rings. The van der Waals surface area contributed by atoms with Crippen LogP contribution in [0.1, 0.15) is 52.2 Å². The summed E-state index contributed by atoms with van der Waals surface area (Å²) >= 11 is 6.20. The van der Waals surface area contributed by atoms with E-state index in [1.807, 2.05) is 18.2 Å². The second kappa shape index (κ2) is 6.78. The Kier molecular flexibility index (Phi) is 4.67. The average molecular weight is 389 g/mol. The SMILES string of the molecule is CC1CC(C)(C)c2ccc(-c3cccc(-c4cccc(Cl)c4)c3)cc2C1(C)C. The van der Waals surface area contributed by atoms with Crippen LogP contribution in [-0.4, -0.2) is 0 Å². The lowest BCUT2D eigenvalue weighted by Gasteiger charge is -2.46. The minimum Gasteiger partial charge on any atom is -0.0843 e. The van der Waals surface area contributed by atoms with Gasteiger partial charge in [0, 0.05) is 5.02 Å². The summed E-state index contributed by atoms with van der Waals surface area (Å²) in [6.45, 7) is 12.0. The molecule has 0 aromatic heterocycles. The normalized spacial score (nSPS) is 19.9. The van der Waals surface area contributed by atoms with Crippen molar-refractivity contribution in [3.8, 4) is 22.3 Å². The maximum atomic E-state index is 6.20. The highest BCUT2D eigenvalue weighted by atomic mass is 35.5. The third-order valence-corrected chi connectivity index (χ3v) is 7.08. The largest absolute Gasteiger partial charge is 0.0843 e. The number of hydrogen-bond donors (Lipinski definition) is 0. The number of halogens is 1. The average Bonchev–Trinajstić information content (AvgIpc) is 2.66. The van der Waals surface area contributed by atoms with Gasteiger partial charge in [-0.1, -0.05) is 94.8 Å². The summed E-state index contributed by atoms with van der Waals surface area (Å²) in [4.78, 5) is 0. The van der Waals surface area contributed by atoms with Crippen molar-refractivity contribution in [1.29, 1.82) is 0 Å². The molecule has 0 aliphatic heterocycles. The van der Waals surface area contributed by atoms with Gasteiger partial charge in [-0.15, -0.1) is 0 Å².